The number of hydrogen-bond donors (Lipinski definition) is 0. The molecule has 0 atom stereocenters. The van der Waals surface area contributed by atoms with Crippen LogP contribution >= 0.6 is 0 Å². The molecule has 0 N–H and O–H groups in total. The van der Waals surface area contributed by atoms with Crippen LogP contribution in [0.5, 0.6) is 5.88 Å². The first-order chi connectivity index (χ1) is 7.35. The number of hydrogen-bond acceptors (Lipinski definition) is 2. The second kappa shape index (κ2) is 3.97. The third kappa shape index (κ3) is 1.75. The first kappa shape index (κ1) is 9.47. The van der Waals surface area contributed by atoms with Crippen LogP contribution in [0.2, 0.25) is 0 Å². The molecule has 0 bridgehead atoms. The molecule has 0 aliphatic carbocycles. The highest BCUT2D eigenvalue weighted by Gasteiger charge is 2.08. The lowest BCUT2D eigenvalue weighted by molar-refractivity contribution is 0.395. The zero-order valence-corrected chi connectivity index (χ0v) is 8.40. The number of nitrogens with zero attached hydrogens (tertiary/aromatic N) is 2. The van der Waals surface area contributed by atoms with Crippen molar-refractivity contribution < 1.29 is 4.74 Å². The first-order valence-electron chi connectivity index (χ1n) is 4.61. The number of benzene rings is 1. The Labute approximate surface area is 88.1 Å². The van der Waals surface area contributed by atoms with E-state index in [1.807, 2.05) is 30.3 Å². The van der Waals surface area contributed by atoms with Crippen LogP contribution in [0.25, 0.3) is 15.7 Å². The van der Waals surface area contributed by atoms with Crippen LogP contribution in [-0.2, 0) is 6.54 Å². The molecular formula is C12H10N2O. The molecule has 3 nitrogen and oxygen atoms in total. The Morgan fingerprint density at radius 2 is 2.20 bits per heavy atom. The topological polar surface area (TPSA) is 26.5 Å². The van der Waals surface area contributed by atoms with E-state index >= 15 is 0 Å². The Morgan fingerprint density at radius 3 is 2.93 bits per heavy atom. The summed E-state index contributed by atoms with van der Waals surface area (Å²) < 4.78 is 5.15. The van der Waals surface area contributed by atoms with Crippen LogP contribution < -0.4 is 4.74 Å². The molecule has 15 heavy (non-hydrogen) atoms. The molecule has 0 aliphatic heterocycles. The number of aromatic nitrogens is 1. The smallest absolute Gasteiger partial charge is 0.245 e. The van der Waals surface area contributed by atoms with Crippen LogP contribution in [0.4, 0.5) is 0 Å². The quantitative estimate of drug-likeness (QED) is 0.693. The van der Waals surface area contributed by atoms with Crippen molar-refractivity contribution in [2.75, 3.05) is 7.11 Å². The van der Waals surface area contributed by atoms with Crippen LogP contribution in [-0.4, -0.2) is 12.1 Å². The van der Waals surface area contributed by atoms with Crippen molar-refractivity contribution in [3.05, 3.63) is 47.3 Å². The molecule has 2 rings (SSSR count). The molecule has 0 radical (unpaired) electrons. The van der Waals surface area contributed by atoms with Crippen molar-refractivity contribution in [3.8, 4) is 5.88 Å². The minimum absolute atomic E-state index is 0.307. The highest BCUT2D eigenvalue weighted by atomic mass is 16.5. The molecule has 0 amide bonds. The predicted molar refractivity (Wildman–Crippen MR) is 58.6 cm³/mol. The highest BCUT2D eigenvalue weighted by molar-refractivity contribution is 5.80. The van der Waals surface area contributed by atoms with Crippen LogP contribution in [0.1, 0.15) is 5.56 Å². The van der Waals surface area contributed by atoms with E-state index in [0.717, 1.165) is 16.5 Å². The lowest BCUT2D eigenvalue weighted by Crippen LogP contribution is -1.94. The average molecular weight is 198 g/mol. The molecule has 0 fully saturated rings. The van der Waals surface area contributed by atoms with Crippen molar-refractivity contribution in [1.82, 2.24) is 4.98 Å². The standard InChI is InChI=1S/C12H10N2O/c1-13-8-10-7-9-5-3-4-6-11(9)14-12(10)15-2/h3-7H,8H2,2H3. The summed E-state index contributed by atoms with van der Waals surface area (Å²) in [4.78, 5) is 7.70. The normalized spacial score (nSPS) is 9.87. The van der Waals surface area contributed by atoms with Crippen molar-refractivity contribution in [2.45, 2.75) is 6.54 Å². The molecule has 0 saturated carbocycles. The average Bonchev–Trinajstić information content (AvgIpc) is 2.28. The van der Waals surface area contributed by atoms with Gasteiger partial charge < -0.3 is 9.58 Å². The number of methoxy groups -OCH3 is 1. The van der Waals surface area contributed by atoms with Gasteiger partial charge in [0.2, 0.25) is 12.4 Å². The summed E-state index contributed by atoms with van der Waals surface area (Å²) >= 11 is 0. The zero-order valence-electron chi connectivity index (χ0n) is 8.40. The van der Waals surface area contributed by atoms with Gasteiger partial charge in [0.15, 0.2) is 0 Å². The predicted octanol–water partition coefficient (Wildman–Crippen LogP) is 2.66. The van der Waals surface area contributed by atoms with Crippen LogP contribution in [0.3, 0.4) is 0 Å². The SMILES string of the molecule is [C-]#[N+]Cc1cc2ccccc2nc1OC. The minimum atomic E-state index is 0.307. The number of fused-ring (bicyclic) bond motifs is 1. The molecule has 0 aliphatic rings. The fourth-order valence-electron chi connectivity index (χ4n) is 1.52. The maximum absolute atomic E-state index is 6.86. The maximum Gasteiger partial charge on any atom is 0.245 e. The molecule has 74 valence electrons. The number of para-hydroxylation sites is 1. The van der Waals surface area contributed by atoms with Gasteiger partial charge in [-0.1, -0.05) is 18.2 Å². The van der Waals surface area contributed by atoms with E-state index in [9.17, 15) is 0 Å². The summed E-state index contributed by atoms with van der Waals surface area (Å²) in [5, 5.41) is 1.04. The molecule has 0 unspecified atom stereocenters. The Hall–Kier alpha value is -2.08. The Kier molecular flexibility index (Phi) is 2.51. The molecule has 0 saturated heterocycles. The molecule has 0 spiro atoms. The van der Waals surface area contributed by atoms with Crippen LogP contribution in [0.15, 0.2) is 30.3 Å². The van der Waals surface area contributed by atoms with Crippen molar-refractivity contribution >= 4 is 10.9 Å². The summed E-state index contributed by atoms with van der Waals surface area (Å²) in [7, 11) is 1.57. The number of pyridine rings is 1. The van der Waals surface area contributed by atoms with Gasteiger partial charge in [0.1, 0.15) is 0 Å². The zero-order chi connectivity index (χ0) is 10.7. The van der Waals surface area contributed by atoms with Crippen molar-refractivity contribution in [3.63, 3.8) is 0 Å². The lowest BCUT2D eigenvalue weighted by atomic mass is 10.1. The maximum atomic E-state index is 6.86. The first-order valence-corrected chi connectivity index (χ1v) is 4.61. The Balaban J connectivity index is 2.64. The van der Waals surface area contributed by atoms with Gasteiger partial charge in [-0.2, -0.15) is 0 Å². The van der Waals surface area contributed by atoms with E-state index in [4.69, 9.17) is 11.3 Å². The molecule has 1 heterocycles. The van der Waals surface area contributed by atoms with E-state index in [-0.39, 0.29) is 0 Å². The number of ether oxygens (including phenoxy) is 1. The van der Waals surface area contributed by atoms with E-state index in [0.29, 0.717) is 12.4 Å². The number of rotatable bonds is 2. The van der Waals surface area contributed by atoms with E-state index in [1.54, 1.807) is 7.11 Å². The van der Waals surface area contributed by atoms with E-state index < -0.39 is 0 Å². The Morgan fingerprint density at radius 1 is 1.40 bits per heavy atom. The van der Waals surface area contributed by atoms with Gasteiger partial charge in [-0.05, 0) is 12.1 Å². The van der Waals surface area contributed by atoms with Gasteiger partial charge in [-0.15, -0.1) is 0 Å². The molecule has 3 heteroatoms. The van der Waals surface area contributed by atoms with Gasteiger partial charge in [-0.25, -0.2) is 11.6 Å². The fraction of sp³-hybridized carbons (Fsp3) is 0.167. The van der Waals surface area contributed by atoms with E-state index in [2.05, 4.69) is 9.83 Å². The second-order valence-electron chi connectivity index (χ2n) is 3.17. The summed E-state index contributed by atoms with van der Waals surface area (Å²) in [6.45, 7) is 7.17. The third-order valence-electron chi connectivity index (χ3n) is 2.21. The largest absolute Gasteiger partial charge is 0.481 e. The summed E-state index contributed by atoms with van der Waals surface area (Å²) in [6, 6.07) is 9.76. The summed E-state index contributed by atoms with van der Waals surface area (Å²) in [5.41, 5.74) is 1.73. The summed E-state index contributed by atoms with van der Waals surface area (Å²) in [5.74, 6) is 0.546. The highest BCUT2D eigenvalue weighted by Crippen LogP contribution is 2.22. The van der Waals surface area contributed by atoms with Gasteiger partial charge in [0, 0.05) is 5.39 Å². The third-order valence-corrected chi connectivity index (χ3v) is 2.21. The van der Waals surface area contributed by atoms with Gasteiger partial charge in [0.05, 0.1) is 18.2 Å². The molecule has 1 aromatic carbocycles. The van der Waals surface area contributed by atoms with Gasteiger partial charge in [0.25, 0.3) is 0 Å². The fourth-order valence-corrected chi connectivity index (χ4v) is 1.52. The van der Waals surface area contributed by atoms with Gasteiger partial charge in [-0.3, -0.25) is 0 Å². The second-order valence-corrected chi connectivity index (χ2v) is 3.17. The molecule has 2 aromatic rings. The molecular weight excluding hydrogens is 188 g/mol. The summed E-state index contributed by atoms with van der Waals surface area (Å²) in [6.07, 6.45) is 0. The monoisotopic (exact) mass is 198 g/mol. The van der Waals surface area contributed by atoms with Crippen LogP contribution in [0, 0.1) is 6.57 Å². The lowest BCUT2D eigenvalue weighted by Gasteiger charge is -2.04. The van der Waals surface area contributed by atoms with Crippen molar-refractivity contribution in [2.24, 2.45) is 0 Å². The Bertz CT molecular complexity index is 529. The van der Waals surface area contributed by atoms with Gasteiger partial charge >= 0.3 is 0 Å². The molecule has 1 aromatic heterocycles. The van der Waals surface area contributed by atoms with Crippen molar-refractivity contribution in [1.29, 1.82) is 0 Å². The van der Waals surface area contributed by atoms with E-state index in [1.165, 1.54) is 0 Å². The minimum Gasteiger partial charge on any atom is -0.481 e.